The molecule has 0 atom stereocenters. The van der Waals surface area contributed by atoms with Gasteiger partial charge in [0.05, 0.1) is 4.92 Å². The maximum Gasteiger partial charge on any atom is 0.270 e. The van der Waals surface area contributed by atoms with Crippen molar-refractivity contribution in [3.05, 3.63) is 40.1 Å². The van der Waals surface area contributed by atoms with E-state index in [0.717, 1.165) is 6.26 Å². The molecule has 8 heteroatoms. The quantitative estimate of drug-likeness (QED) is 0.516. The number of nitrogens with one attached hydrogen (secondary N) is 1. The average molecular weight is 282 g/mol. The lowest BCUT2D eigenvalue weighted by Gasteiger charge is -1.98. The van der Waals surface area contributed by atoms with Gasteiger partial charge >= 0.3 is 0 Å². The van der Waals surface area contributed by atoms with Crippen LogP contribution in [0.1, 0.15) is 10.4 Å². The lowest BCUT2D eigenvalue weighted by atomic mass is 10.1. The van der Waals surface area contributed by atoms with Gasteiger partial charge in [-0.1, -0.05) is 0 Å². The fourth-order valence-electron chi connectivity index (χ4n) is 1.77. The van der Waals surface area contributed by atoms with Crippen molar-refractivity contribution in [1.82, 2.24) is 4.98 Å². The van der Waals surface area contributed by atoms with Gasteiger partial charge in [-0.25, -0.2) is 8.42 Å². The Kier molecular flexibility index (Phi) is 3.11. The fourth-order valence-corrected chi connectivity index (χ4v) is 2.40. The Bertz CT molecular complexity index is 775. The summed E-state index contributed by atoms with van der Waals surface area (Å²) in [4.78, 5) is 24.7. The summed E-state index contributed by atoms with van der Waals surface area (Å²) in [6.45, 7) is 0. The Balaban J connectivity index is 2.52. The van der Waals surface area contributed by atoms with E-state index < -0.39 is 26.3 Å². The first-order valence-electron chi connectivity index (χ1n) is 5.24. The van der Waals surface area contributed by atoms with Crippen molar-refractivity contribution in [3.63, 3.8) is 0 Å². The summed E-state index contributed by atoms with van der Waals surface area (Å²) in [5.41, 5.74) is 0.534. The van der Waals surface area contributed by atoms with Crippen LogP contribution in [0, 0.1) is 10.1 Å². The molecule has 7 nitrogen and oxygen atoms in total. The number of aromatic nitrogens is 1. The molecule has 0 radical (unpaired) electrons. The number of fused-ring (bicyclic) bond motifs is 1. The molecule has 2 rings (SSSR count). The summed E-state index contributed by atoms with van der Waals surface area (Å²) in [6.07, 6.45) is 2.32. The van der Waals surface area contributed by atoms with Gasteiger partial charge in [-0.2, -0.15) is 0 Å². The van der Waals surface area contributed by atoms with Crippen molar-refractivity contribution >= 4 is 32.2 Å². The number of aromatic amines is 1. The van der Waals surface area contributed by atoms with Gasteiger partial charge in [0.1, 0.15) is 5.75 Å². The molecular weight excluding hydrogens is 272 g/mol. The molecule has 0 bridgehead atoms. The van der Waals surface area contributed by atoms with Crippen molar-refractivity contribution in [2.45, 2.75) is 0 Å². The molecule has 19 heavy (non-hydrogen) atoms. The second-order valence-corrected chi connectivity index (χ2v) is 6.32. The van der Waals surface area contributed by atoms with Gasteiger partial charge in [-0.3, -0.25) is 14.9 Å². The highest BCUT2D eigenvalue weighted by Gasteiger charge is 2.18. The molecule has 1 N–H and O–H groups in total. The van der Waals surface area contributed by atoms with Gasteiger partial charge in [-0.05, 0) is 6.07 Å². The molecular formula is C11H10N2O5S. The van der Waals surface area contributed by atoms with E-state index in [0.29, 0.717) is 10.9 Å². The molecule has 0 saturated heterocycles. The number of Topliss-reactive ketones (excluding diaryl/α,β-unsaturated/α-hetero) is 1. The third kappa shape index (κ3) is 2.79. The van der Waals surface area contributed by atoms with Crippen LogP contribution in [0.15, 0.2) is 24.4 Å². The summed E-state index contributed by atoms with van der Waals surface area (Å²) in [5.74, 6) is -1.21. The minimum absolute atomic E-state index is 0.143. The van der Waals surface area contributed by atoms with Crippen LogP contribution in [-0.4, -0.2) is 36.1 Å². The number of non-ortho nitro benzene ring substituents is 1. The molecule has 100 valence electrons. The van der Waals surface area contributed by atoms with Crippen LogP contribution in [0.5, 0.6) is 0 Å². The SMILES string of the molecule is CS(=O)(=O)CC(=O)c1c[nH]c2ccc([N+](=O)[O-])cc12. The van der Waals surface area contributed by atoms with E-state index in [1.54, 1.807) is 0 Å². The molecule has 0 unspecified atom stereocenters. The largest absolute Gasteiger partial charge is 0.360 e. The van der Waals surface area contributed by atoms with E-state index in [2.05, 4.69) is 4.98 Å². The standard InChI is InChI=1S/C11H10N2O5S/c1-19(17,18)6-11(14)9-5-12-10-3-2-7(13(15)16)4-8(9)10/h2-5,12H,6H2,1H3. The molecule has 0 saturated carbocycles. The Morgan fingerprint density at radius 2 is 2.11 bits per heavy atom. The topological polar surface area (TPSA) is 110 Å². The monoisotopic (exact) mass is 282 g/mol. The van der Waals surface area contributed by atoms with Crippen LogP contribution in [0.3, 0.4) is 0 Å². The Hall–Kier alpha value is -2.22. The van der Waals surface area contributed by atoms with E-state index in [1.165, 1.54) is 24.4 Å². The number of nitro groups is 1. The molecule has 1 aromatic carbocycles. The van der Waals surface area contributed by atoms with Crippen molar-refractivity contribution in [3.8, 4) is 0 Å². The van der Waals surface area contributed by atoms with E-state index in [1.807, 2.05) is 0 Å². The van der Waals surface area contributed by atoms with Gasteiger partial charge in [0, 0.05) is 41.1 Å². The summed E-state index contributed by atoms with van der Waals surface area (Å²) >= 11 is 0. The predicted octanol–water partition coefficient (Wildman–Crippen LogP) is 1.30. The number of H-pyrrole nitrogens is 1. The van der Waals surface area contributed by atoms with E-state index >= 15 is 0 Å². The first-order chi connectivity index (χ1) is 8.78. The minimum atomic E-state index is -3.44. The number of rotatable bonds is 4. The molecule has 1 aromatic heterocycles. The first kappa shape index (κ1) is 13.2. The van der Waals surface area contributed by atoms with E-state index in [9.17, 15) is 23.3 Å². The molecule has 0 spiro atoms. The summed E-state index contributed by atoms with van der Waals surface area (Å²) in [5, 5.41) is 11.0. The predicted molar refractivity (Wildman–Crippen MR) is 69.0 cm³/mol. The molecule has 0 aliphatic heterocycles. The Morgan fingerprint density at radius 3 is 2.68 bits per heavy atom. The molecule has 0 amide bonds. The van der Waals surface area contributed by atoms with Crippen molar-refractivity contribution in [2.75, 3.05) is 12.0 Å². The minimum Gasteiger partial charge on any atom is -0.360 e. The normalized spacial score (nSPS) is 11.6. The van der Waals surface area contributed by atoms with Gasteiger partial charge in [0.25, 0.3) is 5.69 Å². The van der Waals surface area contributed by atoms with Gasteiger partial charge in [0.15, 0.2) is 15.6 Å². The van der Waals surface area contributed by atoms with Crippen LogP contribution < -0.4 is 0 Å². The number of nitrogens with zero attached hydrogens (tertiary/aromatic N) is 1. The molecule has 2 aromatic rings. The highest BCUT2D eigenvalue weighted by atomic mass is 32.2. The van der Waals surface area contributed by atoms with Gasteiger partial charge < -0.3 is 4.98 Å². The summed E-state index contributed by atoms with van der Waals surface area (Å²) in [7, 11) is -3.44. The lowest BCUT2D eigenvalue weighted by Crippen LogP contribution is -2.14. The number of hydrogen-bond acceptors (Lipinski definition) is 5. The van der Waals surface area contributed by atoms with Crippen LogP contribution in [0.2, 0.25) is 0 Å². The lowest BCUT2D eigenvalue weighted by molar-refractivity contribution is -0.384. The van der Waals surface area contributed by atoms with Crippen molar-refractivity contribution in [1.29, 1.82) is 0 Å². The van der Waals surface area contributed by atoms with Crippen LogP contribution in [-0.2, 0) is 9.84 Å². The second-order valence-electron chi connectivity index (χ2n) is 4.18. The smallest absolute Gasteiger partial charge is 0.270 e. The highest BCUT2D eigenvalue weighted by molar-refractivity contribution is 7.91. The maximum atomic E-state index is 11.8. The first-order valence-corrected chi connectivity index (χ1v) is 7.30. The van der Waals surface area contributed by atoms with Gasteiger partial charge in [-0.15, -0.1) is 0 Å². The van der Waals surface area contributed by atoms with E-state index in [4.69, 9.17) is 0 Å². The molecule has 1 heterocycles. The summed E-state index contributed by atoms with van der Waals surface area (Å²) in [6, 6.07) is 4.04. The van der Waals surface area contributed by atoms with E-state index in [-0.39, 0.29) is 11.3 Å². The van der Waals surface area contributed by atoms with Crippen LogP contribution >= 0.6 is 0 Å². The second kappa shape index (κ2) is 4.47. The zero-order valence-electron chi connectivity index (χ0n) is 9.91. The number of hydrogen-bond donors (Lipinski definition) is 1. The number of carbonyl (C=O) groups is 1. The number of benzene rings is 1. The average Bonchev–Trinajstić information content (AvgIpc) is 2.68. The summed E-state index contributed by atoms with van der Waals surface area (Å²) < 4.78 is 22.2. The Morgan fingerprint density at radius 1 is 1.42 bits per heavy atom. The van der Waals surface area contributed by atoms with Crippen LogP contribution in [0.25, 0.3) is 10.9 Å². The number of ketones is 1. The third-order valence-electron chi connectivity index (χ3n) is 2.57. The maximum absolute atomic E-state index is 11.8. The molecule has 0 aliphatic carbocycles. The number of sulfone groups is 1. The molecule has 0 aliphatic rings. The zero-order valence-corrected chi connectivity index (χ0v) is 10.7. The van der Waals surface area contributed by atoms with Gasteiger partial charge in [0.2, 0.25) is 0 Å². The molecule has 0 fully saturated rings. The fraction of sp³-hybridized carbons (Fsp3) is 0.182. The number of nitro benzene ring substituents is 1. The van der Waals surface area contributed by atoms with Crippen molar-refractivity contribution < 1.29 is 18.1 Å². The Labute approximate surface area is 108 Å². The zero-order chi connectivity index (χ0) is 14.2. The number of carbonyl (C=O) groups excluding carboxylic acids is 1. The highest BCUT2D eigenvalue weighted by Crippen LogP contribution is 2.24. The van der Waals surface area contributed by atoms with Crippen molar-refractivity contribution in [2.24, 2.45) is 0 Å². The van der Waals surface area contributed by atoms with Crippen LogP contribution in [0.4, 0.5) is 5.69 Å². The third-order valence-corrected chi connectivity index (χ3v) is 3.36.